The number of hydrogen-bond acceptors (Lipinski definition) is 8. The van der Waals surface area contributed by atoms with Crippen molar-refractivity contribution in [3.63, 3.8) is 0 Å². The van der Waals surface area contributed by atoms with E-state index in [2.05, 4.69) is 72.2 Å². The number of nitrogens with zero attached hydrogens (tertiary/aromatic N) is 7. The number of hydrogen-bond donors (Lipinski definition) is 1. The monoisotopic (exact) mass is 654 g/mol. The maximum atomic E-state index is 13.5. The Labute approximate surface area is 241 Å². The van der Waals surface area contributed by atoms with Gasteiger partial charge in [0.05, 0.1) is 57.4 Å². The minimum Gasteiger partial charge on any atom is -0.365 e. The van der Waals surface area contributed by atoms with E-state index in [1.54, 1.807) is 12.4 Å². The van der Waals surface area contributed by atoms with Crippen LogP contribution < -0.4 is 13.3 Å². The summed E-state index contributed by atoms with van der Waals surface area (Å²) in [4.78, 5) is 33.2. The molecule has 9 nitrogen and oxygen atoms in total. The van der Waals surface area contributed by atoms with Crippen LogP contribution in [0.3, 0.4) is 0 Å². The summed E-state index contributed by atoms with van der Waals surface area (Å²) in [6.07, 6.45) is 4.91. The molecule has 0 radical (unpaired) electrons. The number of rotatable bonds is 6. The maximum absolute atomic E-state index is 13.5. The summed E-state index contributed by atoms with van der Waals surface area (Å²) < 4.78 is 2.05. The fourth-order valence-corrected chi connectivity index (χ4v) is 5.97. The SMILES string of the molecule is CC(NC1C(c2ccc(N(C)I)cc2)N=C2C=NCCN21)C(=O)N1CCN(c2c(Cl)cncc2Cl)CC1. The van der Waals surface area contributed by atoms with E-state index in [4.69, 9.17) is 28.2 Å². The van der Waals surface area contributed by atoms with Crippen LogP contribution in [0.4, 0.5) is 11.4 Å². The quantitative estimate of drug-likeness (QED) is 0.379. The van der Waals surface area contributed by atoms with Crippen LogP contribution in [0.5, 0.6) is 0 Å². The van der Waals surface area contributed by atoms with Gasteiger partial charge in [-0.05, 0) is 24.6 Å². The van der Waals surface area contributed by atoms with E-state index in [1.165, 1.54) is 0 Å². The first-order valence-corrected chi connectivity index (χ1v) is 14.0. The number of anilines is 2. The number of nitrogens with one attached hydrogen (secondary N) is 1. The fraction of sp³-hybridized carbons (Fsp3) is 0.440. The van der Waals surface area contributed by atoms with Crippen molar-refractivity contribution >= 4 is 75.4 Å². The molecule has 1 amide bonds. The molecule has 3 aliphatic rings. The van der Waals surface area contributed by atoms with Crippen molar-refractivity contribution in [3.8, 4) is 0 Å². The second kappa shape index (κ2) is 11.3. The van der Waals surface area contributed by atoms with E-state index in [0.29, 0.717) is 42.8 Å². The molecule has 3 aliphatic heterocycles. The zero-order valence-corrected chi connectivity index (χ0v) is 24.4. The van der Waals surface area contributed by atoms with E-state index in [0.717, 1.165) is 29.3 Å². The van der Waals surface area contributed by atoms with Crippen LogP contribution >= 0.6 is 46.1 Å². The van der Waals surface area contributed by atoms with Crippen LogP contribution in [0.2, 0.25) is 10.0 Å². The molecular weight excluding hydrogens is 626 g/mol. The molecule has 37 heavy (non-hydrogen) atoms. The molecule has 1 aromatic heterocycles. The summed E-state index contributed by atoms with van der Waals surface area (Å²) >= 11 is 14.9. The Hall–Kier alpha value is -2.15. The van der Waals surface area contributed by atoms with Gasteiger partial charge in [0.1, 0.15) is 18.0 Å². The highest BCUT2D eigenvalue weighted by atomic mass is 127. The van der Waals surface area contributed by atoms with E-state index >= 15 is 0 Å². The molecule has 196 valence electrons. The first-order valence-electron chi connectivity index (χ1n) is 12.3. The van der Waals surface area contributed by atoms with Crippen LogP contribution in [-0.2, 0) is 4.79 Å². The van der Waals surface area contributed by atoms with Gasteiger partial charge < -0.3 is 17.8 Å². The van der Waals surface area contributed by atoms with Crippen molar-refractivity contribution in [1.82, 2.24) is 20.1 Å². The number of halogens is 3. The molecule has 0 bridgehead atoms. The van der Waals surface area contributed by atoms with Gasteiger partial charge in [-0.2, -0.15) is 0 Å². The lowest BCUT2D eigenvalue weighted by molar-refractivity contribution is -0.133. The smallest absolute Gasteiger partial charge is 0.239 e. The zero-order valence-electron chi connectivity index (χ0n) is 20.7. The average molecular weight is 655 g/mol. The number of benzene rings is 1. The number of aliphatic imine (C=N–C) groups is 2. The van der Waals surface area contributed by atoms with E-state index in [1.807, 2.05) is 28.2 Å². The first kappa shape index (κ1) is 26.5. The van der Waals surface area contributed by atoms with Crippen LogP contribution in [-0.4, -0.2) is 91.3 Å². The molecule has 4 heterocycles. The molecule has 1 N–H and O–H groups in total. The maximum Gasteiger partial charge on any atom is 0.239 e. The van der Waals surface area contributed by atoms with E-state index in [-0.39, 0.29) is 24.2 Å². The lowest BCUT2D eigenvalue weighted by Gasteiger charge is -2.39. The minimum absolute atomic E-state index is 0.0753. The van der Waals surface area contributed by atoms with Gasteiger partial charge in [0.15, 0.2) is 0 Å². The summed E-state index contributed by atoms with van der Waals surface area (Å²) in [6.45, 7) is 5.92. The van der Waals surface area contributed by atoms with Gasteiger partial charge in [-0.1, -0.05) is 35.3 Å². The summed E-state index contributed by atoms with van der Waals surface area (Å²) in [6, 6.07) is 7.92. The van der Waals surface area contributed by atoms with Crippen molar-refractivity contribution in [2.45, 2.75) is 25.2 Å². The van der Waals surface area contributed by atoms with Crippen molar-refractivity contribution in [2.75, 3.05) is 54.3 Å². The van der Waals surface area contributed by atoms with Crippen LogP contribution in [0.25, 0.3) is 0 Å². The van der Waals surface area contributed by atoms with Crippen LogP contribution in [0, 0.1) is 0 Å². The molecule has 1 aromatic carbocycles. The van der Waals surface area contributed by atoms with Gasteiger partial charge >= 0.3 is 0 Å². The van der Waals surface area contributed by atoms with E-state index in [9.17, 15) is 4.79 Å². The minimum atomic E-state index is -0.375. The van der Waals surface area contributed by atoms with E-state index < -0.39 is 0 Å². The third-order valence-electron chi connectivity index (χ3n) is 6.99. The largest absolute Gasteiger partial charge is 0.365 e. The predicted molar refractivity (Wildman–Crippen MR) is 159 cm³/mol. The second-order valence-corrected chi connectivity index (χ2v) is 11.6. The average Bonchev–Trinajstić information content (AvgIpc) is 3.27. The number of carbonyl (C=O) groups excluding carboxylic acids is 1. The summed E-state index contributed by atoms with van der Waals surface area (Å²) in [5, 5.41) is 4.65. The fourth-order valence-electron chi connectivity index (χ4n) is 5.05. The highest BCUT2D eigenvalue weighted by molar-refractivity contribution is 14.1. The van der Waals surface area contributed by atoms with Gasteiger partial charge in [0.25, 0.3) is 0 Å². The summed E-state index contributed by atoms with van der Waals surface area (Å²) in [5.74, 6) is 0.939. The molecule has 1 fully saturated rings. The number of pyridine rings is 1. The predicted octanol–water partition coefficient (Wildman–Crippen LogP) is 3.67. The van der Waals surface area contributed by atoms with Crippen molar-refractivity contribution < 1.29 is 4.79 Å². The van der Waals surface area contributed by atoms with Crippen molar-refractivity contribution in [3.05, 3.63) is 52.3 Å². The Bertz CT molecular complexity index is 1180. The first-order chi connectivity index (χ1) is 17.8. The lowest BCUT2D eigenvalue weighted by atomic mass is 10.0. The van der Waals surface area contributed by atoms with Gasteiger partial charge in [0.2, 0.25) is 5.91 Å². The topological polar surface area (TPSA) is 79.7 Å². The summed E-state index contributed by atoms with van der Waals surface area (Å²) in [7, 11) is 2.01. The Balaban J connectivity index is 1.26. The number of amides is 1. The second-order valence-electron chi connectivity index (χ2n) is 9.33. The number of fused-ring (bicyclic) bond motifs is 1. The standard InChI is InChI=1S/C25H29Cl2IN8O/c1-16(25(37)35-11-9-34(10-12-35)23-19(26)13-30-14-20(23)27)31-24-22(32-21-15-29-7-8-36(21)24)17-3-5-18(6-4-17)33(2)28/h3-6,13-16,22,24,31H,7-12H2,1-2H3. The zero-order chi connectivity index (χ0) is 26.1. The molecule has 3 unspecified atom stereocenters. The Kier molecular flexibility index (Phi) is 8.08. The number of piperazine rings is 1. The third-order valence-corrected chi connectivity index (χ3v) is 8.10. The van der Waals surface area contributed by atoms with Crippen molar-refractivity contribution in [2.24, 2.45) is 9.98 Å². The summed E-state index contributed by atoms with van der Waals surface area (Å²) in [5.41, 5.74) is 3.01. The molecular formula is C25H29Cl2IN8O. The van der Waals surface area contributed by atoms with Gasteiger partial charge in [-0.25, -0.2) is 0 Å². The molecule has 2 aromatic rings. The molecule has 12 heteroatoms. The lowest BCUT2D eigenvalue weighted by Crippen LogP contribution is -2.58. The van der Waals surface area contributed by atoms with Crippen LogP contribution in [0.15, 0.2) is 46.6 Å². The third kappa shape index (κ3) is 5.52. The molecule has 0 saturated carbocycles. The number of carbonyl (C=O) groups is 1. The number of amidine groups is 1. The van der Waals surface area contributed by atoms with Crippen molar-refractivity contribution in [1.29, 1.82) is 0 Å². The van der Waals surface area contributed by atoms with Gasteiger partial charge in [0, 0.05) is 57.9 Å². The van der Waals surface area contributed by atoms with Crippen LogP contribution in [0.1, 0.15) is 18.5 Å². The van der Waals surface area contributed by atoms with Gasteiger partial charge in [-0.3, -0.25) is 25.1 Å². The molecule has 3 atom stereocenters. The molecule has 1 saturated heterocycles. The number of aromatic nitrogens is 1. The highest BCUT2D eigenvalue weighted by Gasteiger charge is 2.39. The molecule has 0 aliphatic carbocycles. The molecule has 0 spiro atoms. The Morgan fingerprint density at radius 2 is 1.78 bits per heavy atom. The normalized spacial score (nSPS) is 22.1. The molecule has 5 rings (SSSR count). The highest BCUT2D eigenvalue weighted by Crippen LogP contribution is 2.34. The van der Waals surface area contributed by atoms with Gasteiger partial charge in [-0.15, -0.1) is 0 Å². The Morgan fingerprint density at radius 3 is 2.43 bits per heavy atom. The Morgan fingerprint density at radius 1 is 1.11 bits per heavy atom.